The Morgan fingerprint density at radius 1 is 1.12 bits per heavy atom. The number of thiazole rings is 1. The van der Waals surface area contributed by atoms with Gasteiger partial charge < -0.3 is 4.74 Å². The Morgan fingerprint density at radius 2 is 2.00 bits per heavy atom. The number of hydrogen-bond donors (Lipinski definition) is 0. The maximum Gasteiger partial charge on any atom is 0.260 e. The number of aromatic nitrogens is 2. The summed E-state index contributed by atoms with van der Waals surface area (Å²) in [5, 5.41) is 1.27. The lowest BCUT2D eigenvalue weighted by molar-refractivity contribution is 0.0984. The summed E-state index contributed by atoms with van der Waals surface area (Å²) in [4.78, 5) is 24.6. The van der Waals surface area contributed by atoms with Gasteiger partial charge in [-0.3, -0.25) is 14.7 Å². The zero-order valence-electron chi connectivity index (χ0n) is 18.8. The number of unbranched alkanes of at least 4 members (excludes halogenated alkanes) is 2. The quantitative estimate of drug-likeness (QED) is 0.241. The van der Waals surface area contributed by atoms with Crippen LogP contribution in [0.2, 0.25) is 5.02 Å². The topological polar surface area (TPSA) is 55.3 Å². The first-order valence-corrected chi connectivity index (χ1v) is 12.3. The summed E-state index contributed by atoms with van der Waals surface area (Å²) in [6, 6.07) is 16.8. The van der Waals surface area contributed by atoms with E-state index in [0.717, 1.165) is 40.7 Å². The number of aryl methyl sites for hydroxylation is 1. The predicted octanol–water partition coefficient (Wildman–Crippen LogP) is 7.07. The average Bonchev–Trinajstić information content (AvgIpc) is 3.28. The lowest BCUT2D eigenvalue weighted by atomic mass is 10.2. The number of benzene rings is 2. The van der Waals surface area contributed by atoms with E-state index in [1.54, 1.807) is 17.2 Å². The van der Waals surface area contributed by atoms with Crippen LogP contribution in [0.3, 0.4) is 0 Å². The molecule has 0 aliphatic carbocycles. The number of amides is 1. The molecule has 2 aromatic heterocycles. The lowest BCUT2D eigenvalue weighted by Crippen LogP contribution is -2.30. The molecule has 0 saturated heterocycles. The van der Waals surface area contributed by atoms with E-state index in [0.29, 0.717) is 34.6 Å². The molecule has 4 rings (SSSR count). The molecule has 33 heavy (non-hydrogen) atoms. The van der Waals surface area contributed by atoms with Gasteiger partial charge in [0, 0.05) is 16.8 Å². The summed E-state index contributed by atoms with van der Waals surface area (Å²) in [7, 11) is 0. The van der Waals surface area contributed by atoms with Gasteiger partial charge in [0.2, 0.25) is 0 Å². The second kappa shape index (κ2) is 10.8. The van der Waals surface area contributed by atoms with E-state index in [1.807, 2.05) is 55.5 Å². The van der Waals surface area contributed by atoms with Gasteiger partial charge in [-0.25, -0.2) is 4.98 Å². The largest absolute Gasteiger partial charge is 0.494 e. The van der Waals surface area contributed by atoms with Gasteiger partial charge in [-0.05, 0) is 61.4 Å². The summed E-state index contributed by atoms with van der Waals surface area (Å²) in [6.07, 6.45) is 4.98. The number of carbonyl (C=O) groups excluding carboxylic acids is 1. The molecule has 170 valence electrons. The van der Waals surface area contributed by atoms with Crippen molar-refractivity contribution < 1.29 is 9.53 Å². The standard InChI is InChI=1S/C26H26ClN3O2S/c1-3-4-7-15-32-21-11-8-9-19(16-21)25(31)30(17-20-10-5-6-14-28-20)26-29-24-18(2)22(27)12-13-23(24)33-26/h5-6,8-14,16H,3-4,7,15,17H2,1-2H3. The molecule has 2 heterocycles. The average molecular weight is 480 g/mol. The maximum atomic E-state index is 13.7. The fourth-order valence-corrected chi connectivity index (χ4v) is 4.68. The minimum atomic E-state index is -0.150. The molecule has 0 radical (unpaired) electrons. The molecule has 0 saturated carbocycles. The minimum absolute atomic E-state index is 0.150. The highest BCUT2D eigenvalue weighted by Crippen LogP contribution is 2.35. The highest BCUT2D eigenvalue weighted by atomic mass is 35.5. The highest BCUT2D eigenvalue weighted by Gasteiger charge is 2.23. The molecular formula is C26H26ClN3O2S. The fourth-order valence-electron chi connectivity index (χ4n) is 3.50. The number of hydrogen-bond acceptors (Lipinski definition) is 5. The van der Waals surface area contributed by atoms with Crippen molar-refractivity contribution >= 4 is 44.2 Å². The molecule has 1 amide bonds. The summed E-state index contributed by atoms with van der Waals surface area (Å²) < 4.78 is 6.85. The first-order chi connectivity index (χ1) is 16.1. The van der Waals surface area contributed by atoms with Gasteiger partial charge in [0.25, 0.3) is 5.91 Å². The summed E-state index contributed by atoms with van der Waals surface area (Å²) >= 11 is 7.77. The fraction of sp³-hybridized carbons (Fsp3) is 0.269. The van der Waals surface area contributed by atoms with Crippen LogP contribution in [0.1, 0.15) is 47.8 Å². The van der Waals surface area contributed by atoms with Crippen LogP contribution in [-0.4, -0.2) is 22.5 Å². The van der Waals surface area contributed by atoms with E-state index in [4.69, 9.17) is 21.3 Å². The Labute approximate surface area is 203 Å². The van der Waals surface area contributed by atoms with Gasteiger partial charge in [-0.1, -0.05) is 54.8 Å². The second-order valence-corrected chi connectivity index (χ2v) is 9.23. The van der Waals surface area contributed by atoms with Crippen molar-refractivity contribution in [2.24, 2.45) is 0 Å². The van der Waals surface area contributed by atoms with E-state index in [1.165, 1.54) is 11.3 Å². The Morgan fingerprint density at radius 3 is 2.79 bits per heavy atom. The third-order valence-electron chi connectivity index (χ3n) is 5.36. The molecule has 0 unspecified atom stereocenters. The van der Waals surface area contributed by atoms with Gasteiger partial charge in [-0.15, -0.1) is 0 Å². The highest BCUT2D eigenvalue weighted by molar-refractivity contribution is 7.22. The molecule has 0 bridgehead atoms. The van der Waals surface area contributed by atoms with Crippen LogP contribution < -0.4 is 9.64 Å². The molecule has 7 heteroatoms. The monoisotopic (exact) mass is 479 g/mol. The molecule has 0 atom stereocenters. The number of rotatable bonds is 9. The Bertz CT molecular complexity index is 1240. The number of halogens is 1. The lowest BCUT2D eigenvalue weighted by Gasteiger charge is -2.20. The third kappa shape index (κ3) is 5.52. The van der Waals surface area contributed by atoms with Crippen LogP contribution in [0.15, 0.2) is 60.8 Å². The second-order valence-electron chi connectivity index (χ2n) is 7.81. The smallest absolute Gasteiger partial charge is 0.260 e. The molecular weight excluding hydrogens is 454 g/mol. The minimum Gasteiger partial charge on any atom is -0.494 e. The first kappa shape index (κ1) is 23.2. The Hall–Kier alpha value is -2.96. The molecule has 0 aliphatic rings. The number of ether oxygens (including phenoxy) is 1. The van der Waals surface area contributed by atoms with Crippen molar-refractivity contribution in [1.29, 1.82) is 0 Å². The van der Waals surface area contributed by atoms with Crippen LogP contribution in [0.4, 0.5) is 5.13 Å². The first-order valence-electron chi connectivity index (χ1n) is 11.1. The molecule has 5 nitrogen and oxygen atoms in total. The zero-order valence-corrected chi connectivity index (χ0v) is 20.3. The molecule has 2 aromatic carbocycles. The number of nitrogens with zero attached hydrogens (tertiary/aromatic N) is 3. The third-order valence-corrected chi connectivity index (χ3v) is 6.81. The van der Waals surface area contributed by atoms with E-state index in [9.17, 15) is 4.79 Å². The van der Waals surface area contributed by atoms with Gasteiger partial charge in [0.1, 0.15) is 5.75 Å². The number of anilines is 1. The predicted molar refractivity (Wildman–Crippen MR) is 136 cm³/mol. The number of carbonyl (C=O) groups is 1. The molecule has 4 aromatic rings. The van der Waals surface area contributed by atoms with Crippen molar-refractivity contribution in [3.63, 3.8) is 0 Å². The van der Waals surface area contributed by atoms with Crippen LogP contribution >= 0.6 is 22.9 Å². The van der Waals surface area contributed by atoms with Crippen molar-refractivity contribution in [3.05, 3.63) is 82.6 Å². The van der Waals surface area contributed by atoms with Gasteiger partial charge >= 0.3 is 0 Å². The number of pyridine rings is 1. The van der Waals surface area contributed by atoms with Crippen LogP contribution in [-0.2, 0) is 6.54 Å². The van der Waals surface area contributed by atoms with E-state index in [-0.39, 0.29) is 5.91 Å². The molecule has 0 N–H and O–H groups in total. The van der Waals surface area contributed by atoms with Gasteiger partial charge in [0.05, 0.1) is 29.1 Å². The van der Waals surface area contributed by atoms with Crippen LogP contribution in [0.25, 0.3) is 10.2 Å². The van der Waals surface area contributed by atoms with Gasteiger partial charge in [-0.2, -0.15) is 0 Å². The van der Waals surface area contributed by atoms with Crippen molar-refractivity contribution in [3.8, 4) is 5.75 Å². The van der Waals surface area contributed by atoms with Crippen molar-refractivity contribution in [2.45, 2.75) is 39.7 Å². The Balaban J connectivity index is 1.67. The van der Waals surface area contributed by atoms with Crippen LogP contribution in [0.5, 0.6) is 5.75 Å². The van der Waals surface area contributed by atoms with E-state index in [2.05, 4.69) is 11.9 Å². The van der Waals surface area contributed by atoms with Crippen LogP contribution in [0, 0.1) is 6.92 Å². The normalized spacial score (nSPS) is 11.0. The maximum absolute atomic E-state index is 13.7. The summed E-state index contributed by atoms with van der Waals surface area (Å²) in [6.45, 7) is 5.06. The van der Waals surface area contributed by atoms with Crippen molar-refractivity contribution in [1.82, 2.24) is 9.97 Å². The van der Waals surface area contributed by atoms with E-state index < -0.39 is 0 Å². The zero-order chi connectivity index (χ0) is 23.2. The van der Waals surface area contributed by atoms with Gasteiger partial charge in [0.15, 0.2) is 5.13 Å². The SMILES string of the molecule is CCCCCOc1cccc(C(=O)N(Cc2ccccn2)c2nc3c(C)c(Cl)ccc3s2)c1. The van der Waals surface area contributed by atoms with Crippen molar-refractivity contribution in [2.75, 3.05) is 11.5 Å². The molecule has 0 aliphatic heterocycles. The summed E-state index contributed by atoms with van der Waals surface area (Å²) in [5.74, 6) is 0.545. The Kier molecular flexibility index (Phi) is 7.57. The molecule has 0 spiro atoms. The number of fused-ring (bicyclic) bond motifs is 1. The van der Waals surface area contributed by atoms with E-state index >= 15 is 0 Å². The summed E-state index contributed by atoms with van der Waals surface area (Å²) in [5.41, 5.74) is 3.05. The molecule has 0 fully saturated rings.